The van der Waals surface area contributed by atoms with E-state index in [9.17, 15) is 14.4 Å². The molecule has 37 heavy (non-hydrogen) atoms. The molecule has 0 spiro atoms. The van der Waals surface area contributed by atoms with Crippen LogP contribution in [0.3, 0.4) is 0 Å². The van der Waals surface area contributed by atoms with Gasteiger partial charge in [0.05, 0.1) is 26.1 Å². The van der Waals surface area contributed by atoms with Crippen molar-refractivity contribution in [2.24, 2.45) is 0 Å². The average molecular weight is 503 g/mol. The molecular weight excluding hydrogens is 468 g/mol. The number of ether oxygens (including phenoxy) is 1. The van der Waals surface area contributed by atoms with E-state index >= 15 is 0 Å². The lowest BCUT2D eigenvalue weighted by Crippen LogP contribution is -2.39. The summed E-state index contributed by atoms with van der Waals surface area (Å²) < 4.78 is 4.81. The van der Waals surface area contributed by atoms with Crippen molar-refractivity contribution in [1.82, 2.24) is 15.6 Å². The van der Waals surface area contributed by atoms with Crippen LogP contribution in [-0.2, 0) is 19.1 Å². The Morgan fingerprint density at radius 3 is 2.24 bits per heavy atom. The van der Waals surface area contributed by atoms with Crippen LogP contribution in [-0.4, -0.2) is 43.0 Å². The van der Waals surface area contributed by atoms with Crippen LogP contribution in [0.15, 0.2) is 72.9 Å². The van der Waals surface area contributed by atoms with Crippen LogP contribution < -0.4 is 16.0 Å². The smallest absolute Gasteiger partial charge is 0.307 e. The number of amides is 2. The fraction of sp³-hybridized carbons (Fsp3) is 0.310. The van der Waals surface area contributed by atoms with Crippen molar-refractivity contribution in [3.8, 4) is 11.1 Å². The number of rotatable bonds is 13. The first-order chi connectivity index (χ1) is 17.9. The normalized spacial score (nSPS) is 11.3. The molecule has 3 aromatic rings. The van der Waals surface area contributed by atoms with Gasteiger partial charge in [0.25, 0.3) is 0 Å². The van der Waals surface area contributed by atoms with Gasteiger partial charge in [-0.15, -0.1) is 0 Å². The summed E-state index contributed by atoms with van der Waals surface area (Å²) in [5, 5.41) is 8.69. The minimum Gasteiger partial charge on any atom is -0.469 e. The maximum Gasteiger partial charge on any atom is 0.307 e. The van der Waals surface area contributed by atoms with Gasteiger partial charge < -0.3 is 20.7 Å². The van der Waals surface area contributed by atoms with E-state index in [2.05, 4.69) is 45.2 Å². The van der Waals surface area contributed by atoms with Crippen LogP contribution in [0.2, 0.25) is 0 Å². The first-order valence-corrected chi connectivity index (χ1v) is 12.4. The Morgan fingerprint density at radius 2 is 1.59 bits per heavy atom. The van der Waals surface area contributed by atoms with E-state index in [1.54, 1.807) is 6.20 Å². The average Bonchev–Trinajstić information content (AvgIpc) is 2.92. The van der Waals surface area contributed by atoms with Crippen LogP contribution in [0.4, 0.5) is 5.82 Å². The summed E-state index contributed by atoms with van der Waals surface area (Å²) in [6.45, 7) is 2.59. The number of hydrogen-bond acceptors (Lipinski definition) is 6. The summed E-state index contributed by atoms with van der Waals surface area (Å²) in [5.74, 6) is -0.201. The number of aryl methyl sites for hydroxylation is 1. The fourth-order valence-electron chi connectivity index (χ4n) is 3.76. The molecule has 0 saturated carbocycles. The number of carbonyl (C=O) groups excluding carboxylic acids is 3. The van der Waals surface area contributed by atoms with E-state index in [4.69, 9.17) is 4.74 Å². The molecule has 1 heterocycles. The van der Waals surface area contributed by atoms with Crippen molar-refractivity contribution in [2.45, 2.75) is 38.6 Å². The van der Waals surface area contributed by atoms with E-state index < -0.39 is 12.0 Å². The lowest BCUT2D eigenvalue weighted by molar-refractivity contribution is -0.141. The number of anilines is 1. The van der Waals surface area contributed by atoms with Crippen LogP contribution in [0.5, 0.6) is 0 Å². The van der Waals surface area contributed by atoms with Gasteiger partial charge >= 0.3 is 5.97 Å². The molecule has 0 aliphatic heterocycles. The molecule has 0 fully saturated rings. The van der Waals surface area contributed by atoms with Gasteiger partial charge in [0, 0.05) is 19.2 Å². The van der Waals surface area contributed by atoms with Gasteiger partial charge in [-0.3, -0.25) is 14.4 Å². The fourth-order valence-corrected chi connectivity index (χ4v) is 3.76. The number of benzene rings is 2. The van der Waals surface area contributed by atoms with Gasteiger partial charge in [-0.2, -0.15) is 0 Å². The maximum atomic E-state index is 12.6. The topological polar surface area (TPSA) is 109 Å². The first kappa shape index (κ1) is 27.4. The Labute approximate surface area is 217 Å². The highest BCUT2D eigenvalue weighted by atomic mass is 16.5. The van der Waals surface area contributed by atoms with Crippen LogP contribution in [0.1, 0.15) is 42.9 Å². The van der Waals surface area contributed by atoms with Crippen LogP contribution in [0.25, 0.3) is 11.1 Å². The largest absolute Gasteiger partial charge is 0.469 e. The van der Waals surface area contributed by atoms with Gasteiger partial charge in [-0.1, -0.05) is 60.2 Å². The van der Waals surface area contributed by atoms with E-state index in [0.29, 0.717) is 19.4 Å². The Kier molecular flexibility index (Phi) is 10.6. The molecule has 0 bridgehead atoms. The maximum absolute atomic E-state index is 12.6. The number of esters is 1. The van der Waals surface area contributed by atoms with Gasteiger partial charge in [-0.05, 0) is 48.6 Å². The molecule has 3 N–H and O–H groups in total. The van der Waals surface area contributed by atoms with E-state index in [1.165, 1.54) is 12.7 Å². The third-order valence-corrected chi connectivity index (χ3v) is 5.88. The van der Waals surface area contributed by atoms with E-state index in [1.807, 2.05) is 49.4 Å². The lowest BCUT2D eigenvalue weighted by atomic mass is 9.98. The molecule has 1 unspecified atom stereocenters. The predicted octanol–water partition coefficient (Wildman–Crippen LogP) is 4.18. The number of methoxy groups -OCH3 is 1. The minimum absolute atomic E-state index is 0.0106. The molecule has 0 aliphatic carbocycles. The Morgan fingerprint density at radius 1 is 0.892 bits per heavy atom. The number of unbranched alkanes of at least 4 members (excludes halogenated alkanes) is 1. The number of nitrogens with zero attached hydrogens (tertiary/aromatic N) is 1. The quantitative estimate of drug-likeness (QED) is 0.239. The molecule has 2 aromatic carbocycles. The monoisotopic (exact) mass is 502 g/mol. The molecule has 1 atom stereocenters. The number of carbonyl (C=O) groups is 3. The highest BCUT2D eigenvalue weighted by molar-refractivity contribution is 5.85. The zero-order valence-electron chi connectivity index (χ0n) is 21.3. The molecule has 194 valence electrons. The van der Waals surface area contributed by atoms with Gasteiger partial charge in [0.2, 0.25) is 11.8 Å². The van der Waals surface area contributed by atoms with Crippen molar-refractivity contribution < 1.29 is 19.1 Å². The standard InChI is InChI=1S/C29H34N4O4/c1-21-9-11-22(12-10-21)23-13-15-24(16-14-23)25(19-29(36)37-2)33-28(35)20-32-27(34)8-4-6-18-31-26-7-3-5-17-30-26/h3,5,7,9-17,25H,4,6,8,18-20H2,1-2H3,(H,30,31)(H,32,34)(H,33,35). The number of nitrogens with one attached hydrogen (secondary N) is 3. The molecule has 8 nitrogen and oxygen atoms in total. The molecular formula is C29H34N4O4. The highest BCUT2D eigenvalue weighted by Crippen LogP contribution is 2.24. The lowest BCUT2D eigenvalue weighted by Gasteiger charge is -2.19. The minimum atomic E-state index is -0.568. The van der Waals surface area contributed by atoms with Crippen molar-refractivity contribution in [3.05, 3.63) is 84.1 Å². The molecule has 0 aliphatic rings. The molecule has 3 rings (SSSR count). The summed E-state index contributed by atoms with van der Waals surface area (Å²) in [6, 6.07) is 21.0. The Hall–Kier alpha value is -4.20. The molecule has 0 radical (unpaired) electrons. The number of hydrogen-bond donors (Lipinski definition) is 3. The second-order valence-corrected chi connectivity index (χ2v) is 8.76. The summed E-state index contributed by atoms with van der Waals surface area (Å²) in [6.07, 6.45) is 3.52. The first-order valence-electron chi connectivity index (χ1n) is 12.4. The third-order valence-electron chi connectivity index (χ3n) is 5.88. The van der Waals surface area contributed by atoms with E-state index in [-0.39, 0.29) is 24.8 Å². The molecule has 0 saturated heterocycles. The Bertz CT molecular complexity index is 1150. The van der Waals surface area contributed by atoms with Gasteiger partial charge in [-0.25, -0.2) is 4.98 Å². The van der Waals surface area contributed by atoms with Crippen LogP contribution >= 0.6 is 0 Å². The SMILES string of the molecule is COC(=O)CC(NC(=O)CNC(=O)CCCCNc1ccccn1)c1ccc(-c2ccc(C)cc2)cc1. The molecule has 8 heteroatoms. The Balaban J connectivity index is 1.46. The summed E-state index contributed by atoms with van der Waals surface area (Å²) in [7, 11) is 1.31. The van der Waals surface area contributed by atoms with E-state index in [0.717, 1.165) is 28.9 Å². The summed E-state index contributed by atoms with van der Waals surface area (Å²) >= 11 is 0. The second-order valence-electron chi connectivity index (χ2n) is 8.76. The molecule has 1 aromatic heterocycles. The third kappa shape index (κ3) is 9.40. The zero-order valence-corrected chi connectivity index (χ0v) is 21.3. The van der Waals surface area contributed by atoms with Crippen LogP contribution in [0, 0.1) is 6.92 Å². The van der Waals surface area contributed by atoms with Crippen molar-refractivity contribution >= 4 is 23.6 Å². The van der Waals surface area contributed by atoms with Crippen molar-refractivity contribution in [2.75, 3.05) is 25.5 Å². The summed E-state index contributed by atoms with van der Waals surface area (Å²) in [5.41, 5.74) is 4.09. The van der Waals surface area contributed by atoms with Gasteiger partial charge in [0.15, 0.2) is 0 Å². The zero-order chi connectivity index (χ0) is 26.5. The number of aromatic nitrogens is 1. The van der Waals surface area contributed by atoms with Gasteiger partial charge in [0.1, 0.15) is 5.82 Å². The summed E-state index contributed by atoms with van der Waals surface area (Å²) in [4.78, 5) is 40.9. The predicted molar refractivity (Wildman–Crippen MR) is 144 cm³/mol. The highest BCUT2D eigenvalue weighted by Gasteiger charge is 2.19. The van der Waals surface area contributed by atoms with Crippen molar-refractivity contribution in [1.29, 1.82) is 0 Å². The second kappa shape index (κ2) is 14.4. The number of pyridine rings is 1. The molecule has 2 amide bonds. The van der Waals surface area contributed by atoms with Crippen molar-refractivity contribution in [3.63, 3.8) is 0 Å².